The van der Waals surface area contributed by atoms with Crippen LogP contribution in [0, 0.1) is 0 Å². The van der Waals surface area contributed by atoms with Crippen molar-refractivity contribution < 1.29 is 22.7 Å². The van der Waals surface area contributed by atoms with E-state index in [1.54, 1.807) is 30.3 Å². The molecule has 3 aromatic carbocycles. The molecule has 4 rings (SSSR count). The van der Waals surface area contributed by atoms with E-state index in [1.807, 2.05) is 13.0 Å². The zero-order chi connectivity index (χ0) is 28.0. The van der Waals surface area contributed by atoms with E-state index in [-0.39, 0.29) is 18.0 Å². The summed E-state index contributed by atoms with van der Waals surface area (Å²) in [4.78, 5) is 12.9. The van der Waals surface area contributed by atoms with Gasteiger partial charge < -0.3 is 9.47 Å². The third-order valence-corrected chi connectivity index (χ3v) is 8.87. The van der Waals surface area contributed by atoms with Gasteiger partial charge in [0.05, 0.1) is 27.8 Å². The minimum Gasteiger partial charge on any atom is -0.490 e. The van der Waals surface area contributed by atoms with Crippen molar-refractivity contribution in [2.45, 2.75) is 37.3 Å². The number of halogens is 3. The van der Waals surface area contributed by atoms with Crippen molar-refractivity contribution in [3.05, 3.63) is 86.9 Å². The molecule has 1 aliphatic rings. The van der Waals surface area contributed by atoms with Crippen LogP contribution in [0.3, 0.4) is 0 Å². The lowest BCUT2D eigenvalue weighted by molar-refractivity contribution is -0.124. The van der Waals surface area contributed by atoms with Gasteiger partial charge in [-0.3, -0.25) is 4.79 Å². The predicted octanol–water partition coefficient (Wildman–Crippen LogP) is 5.93. The van der Waals surface area contributed by atoms with Gasteiger partial charge in [0.1, 0.15) is 12.6 Å². The Labute approximate surface area is 242 Å². The molecule has 0 unspecified atom stereocenters. The smallest absolute Gasteiger partial charge is 0.258 e. The number of amides is 1. The average molecular weight is 611 g/mol. The number of carbonyl (C=O) groups excluding carboxylic acids is 1. The largest absolute Gasteiger partial charge is 0.490 e. The van der Waals surface area contributed by atoms with Crippen LogP contribution in [0.4, 0.5) is 0 Å². The summed E-state index contributed by atoms with van der Waals surface area (Å²) in [6.45, 7) is 2.78. The predicted molar refractivity (Wildman–Crippen MR) is 153 cm³/mol. The van der Waals surface area contributed by atoms with Crippen LogP contribution in [0.2, 0.25) is 15.1 Å². The molecule has 8 nitrogen and oxygen atoms in total. The fourth-order valence-corrected chi connectivity index (χ4v) is 6.16. The molecule has 12 heteroatoms. The van der Waals surface area contributed by atoms with E-state index in [9.17, 15) is 13.2 Å². The molecule has 0 radical (unpaired) electrons. The number of rotatable bonds is 10. The van der Waals surface area contributed by atoms with E-state index >= 15 is 0 Å². The normalized spacial score (nSPS) is 15.9. The Kier molecular flexibility index (Phi) is 9.74. The summed E-state index contributed by atoms with van der Waals surface area (Å²) in [5.74, 6) is 0.523. The van der Waals surface area contributed by atoms with Gasteiger partial charge in [0, 0.05) is 11.6 Å². The fraction of sp³-hybridized carbons (Fsp3) is 0.259. The number of benzene rings is 3. The van der Waals surface area contributed by atoms with E-state index in [0.717, 1.165) is 5.56 Å². The molecule has 1 saturated heterocycles. The zero-order valence-electron chi connectivity index (χ0n) is 20.9. The van der Waals surface area contributed by atoms with Gasteiger partial charge in [0.15, 0.2) is 11.5 Å². The second kappa shape index (κ2) is 13.0. The second-order valence-electron chi connectivity index (χ2n) is 8.64. The SMILES string of the molecule is CCOc1cc(/C=N\NC(=O)[C@H]2CCCN2S(=O)(=O)c2ccc(Cl)cc2)ccc1OCc1ccc(Cl)c(Cl)c1. The minimum atomic E-state index is -3.86. The van der Waals surface area contributed by atoms with Gasteiger partial charge in [0.2, 0.25) is 10.0 Å². The standard InChI is InChI=1S/C27H26Cl3N3O5S/c1-2-37-26-15-18(6-12-25(26)38-17-19-5-11-22(29)23(30)14-19)16-31-32-27(34)24-4-3-13-33(24)39(35,36)21-9-7-20(28)8-10-21/h5-12,14-16,24H,2-4,13,17H2,1H3,(H,32,34)/b31-16-/t24-/m1/s1. The van der Waals surface area contributed by atoms with Crippen LogP contribution in [-0.4, -0.2) is 44.0 Å². The molecule has 0 saturated carbocycles. The molecule has 1 atom stereocenters. The third-order valence-electron chi connectivity index (χ3n) is 5.96. The van der Waals surface area contributed by atoms with E-state index < -0.39 is 22.0 Å². The summed E-state index contributed by atoms with van der Waals surface area (Å²) in [5, 5.41) is 5.38. The zero-order valence-corrected chi connectivity index (χ0v) is 24.0. The molecule has 0 bridgehead atoms. The first-order chi connectivity index (χ1) is 18.7. The molecule has 1 fully saturated rings. The van der Waals surface area contributed by atoms with Crippen molar-refractivity contribution in [3.8, 4) is 11.5 Å². The molecular weight excluding hydrogens is 585 g/mol. The highest BCUT2D eigenvalue weighted by Gasteiger charge is 2.39. The van der Waals surface area contributed by atoms with Crippen LogP contribution in [0.15, 0.2) is 70.7 Å². The quantitative estimate of drug-likeness (QED) is 0.227. The third kappa shape index (κ3) is 7.23. The average Bonchev–Trinajstić information content (AvgIpc) is 3.42. The van der Waals surface area contributed by atoms with E-state index in [2.05, 4.69) is 10.5 Å². The van der Waals surface area contributed by atoms with Gasteiger partial charge in [-0.1, -0.05) is 40.9 Å². The molecule has 0 spiro atoms. The number of ether oxygens (including phenoxy) is 2. The van der Waals surface area contributed by atoms with Crippen LogP contribution >= 0.6 is 34.8 Å². The lowest BCUT2D eigenvalue weighted by atomic mass is 10.2. The number of nitrogens with zero attached hydrogens (tertiary/aromatic N) is 2. The van der Waals surface area contributed by atoms with Gasteiger partial charge in [-0.15, -0.1) is 0 Å². The Morgan fingerprint density at radius 1 is 1.03 bits per heavy atom. The lowest BCUT2D eigenvalue weighted by Gasteiger charge is -2.22. The summed E-state index contributed by atoms with van der Waals surface area (Å²) >= 11 is 17.9. The van der Waals surface area contributed by atoms with Gasteiger partial charge in [-0.05, 0) is 85.5 Å². The highest BCUT2D eigenvalue weighted by atomic mass is 35.5. The van der Waals surface area contributed by atoms with Crippen LogP contribution < -0.4 is 14.9 Å². The Balaban J connectivity index is 1.41. The first-order valence-electron chi connectivity index (χ1n) is 12.1. The topological polar surface area (TPSA) is 97.3 Å². The van der Waals surface area contributed by atoms with Crippen molar-refractivity contribution in [3.63, 3.8) is 0 Å². The Morgan fingerprint density at radius 2 is 1.79 bits per heavy atom. The monoisotopic (exact) mass is 609 g/mol. The summed E-state index contributed by atoms with van der Waals surface area (Å²) in [6, 6.07) is 15.5. The van der Waals surface area contributed by atoms with Gasteiger partial charge in [-0.2, -0.15) is 9.41 Å². The number of hydrazone groups is 1. The fourth-order valence-electron chi connectivity index (χ4n) is 4.06. The molecule has 39 heavy (non-hydrogen) atoms. The first-order valence-corrected chi connectivity index (χ1v) is 14.7. The Morgan fingerprint density at radius 3 is 2.51 bits per heavy atom. The summed E-state index contributed by atoms with van der Waals surface area (Å²) < 4.78 is 39.0. The second-order valence-corrected chi connectivity index (χ2v) is 11.8. The van der Waals surface area contributed by atoms with Crippen LogP contribution in [0.1, 0.15) is 30.9 Å². The van der Waals surface area contributed by atoms with Crippen LogP contribution in [0.25, 0.3) is 0 Å². The Hall–Kier alpha value is -2.82. The lowest BCUT2D eigenvalue weighted by Crippen LogP contribution is -2.44. The van der Waals surface area contributed by atoms with Crippen molar-refractivity contribution >= 4 is 56.9 Å². The van der Waals surface area contributed by atoms with Crippen LogP contribution in [-0.2, 0) is 21.4 Å². The summed E-state index contributed by atoms with van der Waals surface area (Å²) in [7, 11) is -3.86. The van der Waals surface area contributed by atoms with Gasteiger partial charge in [0.25, 0.3) is 5.91 Å². The molecule has 1 aliphatic heterocycles. The number of hydrogen-bond donors (Lipinski definition) is 1. The summed E-state index contributed by atoms with van der Waals surface area (Å²) in [6.07, 6.45) is 2.42. The Bertz CT molecular complexity index is 1470. The number of hydrogen-bond acceptors (Lipinski definition) is 6. The molecule has 1 N–H and O–H groups in total. The summed E-state index contributed by atoms with van der Waals surface area (Å²) in [5.41, 5.74) is 3.96. The molecule has 1 amide bonds. The van der Waals surface area contributed by atoms with Crippen LogP contribution in [0.5, 0.6) is 11.5 Å². The highest BCUT2D eigenvalue weighted by molar-refractivity contribution is 7.89. The molecule has 206 valence electrons. The van der Waals surface area contributed by atoms with Gasteiger partial charge in [-0.25, -0.2) is 13.8 Å². The minimum absolute atomic E-state index is 0.0834. The van der Waals surface area contributed by atoms with Crippen molar-refractivity contribution in [2.75, 3.05) is 13.2 Å². The maximum Gasteiger partial charge on any atom is 0.258 e. The van der Waals surface area contributed by atoms with Crippen molar-refractivity contribution in [1.82, 2.24) is 9.73 Å². The molecule has 0 aliphatic carbocycles. The van der Waals surface area contributed by atoms with Gasteiger partial charge >= 0.3 is 0 Å². The van der Waals surface area contributed by atoms with E-state index in [4.69, 9.17) is 44.3 Å². The molecule has 0 aromatic heterocycles. The van der Waals surface area contributed by atoms with Crippen molar-refractivity contribution in [2.24, 2.45) is 5.10 Å². The van der Waals surface area contributed by atoms with E-state index in [0.29, 0.717) is 51.6 Å². The number of sulfonamides is 1. The number of carbonyl (C=O) groups is 1. The maximum atomic E-state index is 13.1. The van der Waals surface area contributed by atoms with E-state index in [1.165, 1.54) is 34.8 Å². The highest BCUT2D eigenvalue weighted by Crippen LogP contribution is 2.30. The molecular formula is C27H26Cl3N3O5S. The number of nitrogens with one attached hydrogen (secondary N) is 1. The molecule has 1 heterocycles. The first kappa shape index (κ1) is 29.2. The molecule has 3 aromatic rings. The van der Waals surface area contributed by atoms with Crippen molar-refractivity contribution in [1.29, 1.82) is 0 Å². The maximum absolute atomic E-state index is 13.1.